The zero-order valence-electron chi connectivity index (χ0n) is 18.0. The fourth-order valence-electron chi connectivity index (χ4n) is 5.02. The molecule has 1 aromatic rings. The summed E-state index contributed by atoms with van der Waals surface area (Å²) in [6.07, 6.45) is 12.1. The highest BCUT2D eigenvalue weighted by Crippen LogP contribution is 2.28. The van der Waals surface area contributed by atoms with E-state index in [9.17, 15) is 9.59 Å². The summed E-state index contributed by atoms with van der Waals surface area (Å²) in [6.45, 7) is 3.56. The summed E-state index contributed by atoms with van der Waals surface area (Å²) in [6, 6.07) is 4.69. The molecular formula is C23H33N5O2. The highest BCUT2D eigenvalue weighted by atomic mass is 16.2. The minimum atomic E-state index is -0.0450. The predicted molar refractivity (Wildman–Crippen MR) is 116 cm³/mol. The normalized spacial score (nSPS) is 21.7. The SMILES string of the molecule is CN1N=C(C(=O)N(Cc2cccnc2)CC2CCN(C3CCCC3)CC2)CCC1=O. The Morgan fingerprint density at radius 1 is 1.17 bits per heavy atom. The van der Waals surface area contributed by atoms with Crippen molar-refractivity contribution in [2.24, 2.45) is 11.0 Å². The molecule has 0 bridgehead atoms. The molecule has 1 saturated carbocycles. The summed E-state index contributed by atoms with van der Waals surface area (Å²) in [7, 11) is 1.62. The molecule has 1 aliphatic carbocycles. The molecule has 0 radical (unpaired) electrons. The van der Waals surface area contributed by atoms with Crippen LogP contribution in [0.4, 0.5) is 0 Å². The van der Waals surface area contributed by atoms with Crippen molar-refractivity contribution in [2.75, 3.05) is 26.7 Å². The second kappa shape index (κ2) is 9.69. The Bertz CT molecular complexity index is 767. The number of carbonyl (C=O) groups is 2. The molecular weight excluding hydrogens is 378 g/mol. The van der Waals surface area contributed by atoms with Gasteiger partial charge in [-0.3, -0.25) is 14.6 Å². The largest absolute Gasteiger partial charge is 0.333 e. The number of likely N-dealkylation sites (tertiary alicyclic amines) is 1. The van der Waals surface area contributed by atoms with Crippen molar-refractivity contribution in [1.29, 1.82) is 0 Å². The van der Waals surface area contributed by atoms with Crippen LogP contribution in [0.15, 0.2) is 29.6 Å². The lowest BCUT2D eigenvalue weighted by atomic mass is 9.94. The summed E-state index contributed by atoms with van der Waals surface area (Å²) in [5, 5.41) is 5.57. The second-order valence-electron chi connectivity index (χ2n) is 8.93. The molecule has 30 heavy (non-hydrogen) atoms. The number of amides is 2. The highest BCUT2D eigenvalue weighted by molar-refractivity contribution is 6.39. The molecule has 0 N–H and O–H groups in total. The molecule has 2 aliphatic heterocycles. The van der Waals surface area contributed by atoms with Gasteiger partial charge in [0.15, 0.2) is 0 Å². The van der Waals surface area contributed by atoms with Crippen molar-refractivity contribution >= 4 is 17.5 Å². The minimum absolute atomic E-state index is 0.0374. The molecule has 2 fully saturated rings. The maximum Gasteiger partial charge on any atom is 0.270 e. The third kappa shape index (κ3) is 5.06. The third-order valence-corrected chi connectivity index (χ3v) is 6.81. The third-order valence-electron chi connectivity index (χ3n) is 6.81. The monoisotopic (exact) mass is 411 g/mol. The van der Waals surface area contributed by atoms with E-state index < -0.39 is 0 Å². The van der Waals surface area contributed by atoms with Crippen molar-refractivity contribution in [2.45, 2.75) is 64.0 Å². The maximum atomic E-state index is 13.3. The standard InChI is InChI=1S/C23H33N5O2/c1-26-22(29)9-8-21(25-26)23(30)28(17-19-5-4-12-24-15-19)16-18-10-13-27(14-11-18)20-6-2-3-7-20/h4-5,12,15,18,20H,2-3,6-11,13-14,16-17H2,1H3. The molecule has 1 aromatic heterocycles. The molecule has 1 saturated heterocycles. The van der Waals surface area contributed by atoms with E-state index in [1.807, 2.05) is 23.2 Å². The summed E-state index contributed by atoms with van der Waals surface area (Å²) in [5.41, 5.74) is 1.51. The molecule has 3 aliphatic rings. The Kier molecular flexibility index (Phi) is 6.77. The fourth-order valence-corrected chi connectivity index (χ4v) is 5.02. The van der Waals surface area contributed by atoms with Crippen LogP contribution < -0.4 is 0 Å². The number of carbonyl (C=O) groups excluding carboxylic acids is 2. The average molecular weight is 412 g/mol. The molecule has 7 heteroatoms. The van der Waals surface area contributed by atoms with Crippen LogP contribution in [0, 0.1) is 5.92 Å². The minimum Gasteiger partial charge on any atom is -0.333 e. The van der Waals surface area contributed by atoms with Crippen molar-refractivity contribution in [1.82, 2.24) is 19.8 Å². The number of nitrogens with zero attached hydrogens (tertiary/aromatic N) is 5. The van der Waals surface area contributed by atoms with Crippen LogP contribution in [0.2, 0.25) is 0 Å². The topological polar surface area (TPSA) is 69.1 Å². The molecule has 0 atom stereocenters. The highest BCUT2D eigenvalue weighted by Gasteiger charge is 2.31. The van der Waals surface area contributed by atoms with Crippen LogP contribution in [-0.4, -0.2) is 70.0 Å². The zero-order valence-corrected chi connectivity index (χ0v) is 18.0. The summed E-state index contributed by atoms with van der Waals surface area (Å²) < 4.78 is 0. The first kappa shape index (κ1) is 21.0. The molecule has 2 amide bonds. The van der Waals surface area contributed by atoms with Crippen molar-refractivity contribution in [3.63, 3.8) is 0 Å². The van der Waals surface area contributed by atoms with Gasteiger partial charge < -0.3 is 9.80 Å². The van der Waals surface area contributed by atoms with Crippen LogP contribution >= 0.6 is 0 Å². The summed E-state index contributed by atoms with van der Waals surface area (Å²) >= 11 is 0. The van der Waals surface area contributed by atoms with Crippen molar-refractivity contribution in [3.05, 3.63) is 30.1 Å². The second-order valence-corrected chi connectivity index (χ2v) is 8.93. The number of rotatable bonds is 6. The molecule has 7 nitrogen and oxygen atoms in total. The number of hydrogen-bond acceptors (Lipinski definition) is 5. The number of hydrogen-bond donors (Lipinski definition) is 0. The van der Waals surface area contributed by atoms with Gasteiger partial charge in [-0.05, 0) is 56.3 Å². The van der Waals surface area contributed by atoms with Crippen LogP contribution in [0.1, 0.15) is 56.9 Å². The Balaban J connectivity index is 1.42. The number of aromatic nitrogens is 1. The van der Waals surface area contributed by atoms with Crippen molar-refractivity contribution < 1.29 is 9.59 Å². The molecule has 0 spiro atoms. The first-order valence-corrected chi connectivity index (χ1v) is 11.4. The summed E-state index contributed by atoms with van der Waals surface area (Å²) in [4.78, 5) is 33.9. The van der Waals surface area contributed by atoms with E-state index in [4.69, 9.17) is 0 Å². The Labute approximate surface area is 179 Å². The van der Waals surface area contributed by atoms with Gasteiger partial charge in [-0.1, -0.05) is 18.9 Å². The zero-order chi connectivity index (χ0) is 20.9. The van der Waals surface area contributed by atoms with E-state index in [2.05, 4.69) is 15.0 Å². The Morgan fingerprint density at radius 3 is 2.60 bits per heavy atom. The molecule has 3 heterocycles. The van der Waals surface area contributed by atoms with Gasteiger partial charge >= 0.3 is 0 Å². The van der Waals surface area contributed by atoms with Gasteiger partial charge in [-0.15, -0.1) is 0 Å². The quantitative estimate of drug-likeness (QED) is 0.722. The lowest BCUT2D eigenvalue weighted by Gasteiger charge is -2.38. The van der Waals surface area contributed by atoms with Crippen LogP contribution in [-0.2, 0) is 16.1 Å². The first-order valence-electron chi connectivity index (χ1n) is 11.4. The summed E-state index contributed by atoms with van der Waals surface area (Å²) in [5.74, 6) is 0.424. The fraction of sp³-hybridized carbons (Fsp3) is 0.652. The number of hydrazone groups is 1. The van der Waals surface area contributed by atoms with Gasteiger partial charge in [0.2, 0.25) is 5.91 Å². The molecule has 162 valence electrons. The van der Waals surface area contributed by atoms with Gasteiger partial charge in [0, 0.05) is 51.4 Å². The molecule has 0 unspecified atom stereocenters. The van der Waals surface area contributed by atoms with E-state index in [0.717, 1.165) is 44.1 Å². The number of piperidine rings is 1. The first-order chi connectivity index (χ1) is 14.6. The predicted octanol–water partition coefficient (Wildman–Crippen LogP) is 2.67. The van der Waals surface area contributed by atoms with E-state index in [0.29, 0.717) is 31.0 Å². The van der Waals surface area contributed by atoms with Crippen LogP contribution in [0.5, 0.6) is 0 Å². The molecule has 0 aromatic carbocycles. The van der Waals surface area contributed by atoms with Gasteiger partial charge in [-0.2, -0.15) is 5.10 Å². The van der Waals surface area contributed by atoms with Crippen LogP contribution in [0.3, 0.4) is 0 Å². The van der Waals surface area contributed by atoms with E-state index >= 15 is 0 Å². The van der Waals surface area contributed by atoms with Gasteiger partial charge in [-0.25, -0.2) is 5.01 Å². The van der Waals surface area contributed by atoms with Gasteiger partial charge in [0.1, 0.15) is 5.71 Å². The Hall–Kier alpha value is -2.28. The lowest BCUT2D eigenvalue weighted by Crippen LogP contribution is -2.46. The van der Waals surface area contributed by atoms with E-state index in [1.165, 1.54) is 30.7 Å². The van der Waals surface area contributed by atoms with Gasteiger partial charge in [0.05, 0.1) is 0 Å². The molecule has 4 rings (SSSR count). The smallest absolute Gasteiger partial charge is 0.270 e. The van der Waals surface area contributed by atoms with E-state index in [-0.39, 0.29) is 11.8 Å². The average Bonchev–Trinajstić information content (AvgIpc) is 3.31. The van der Waals surface area contributed by atoms with Gasteiger partial charge in [0.25, 0.3) is 5.91 Å². The van der Waals surface area contributed by atoms with Crippen LogP contribution in [0.25, 0.3) is 0 Å². The van der Waals surface area contributed by atoms with Crippen molar-refractivity contribution in [3.8, 4) is 0 Å². The maximum absolute atomic E-state index is 13.3. The van der Waals surface area contributed by atoms with E-state index in [1.54, 1.807) is 13.2 Å². The number of pyridine rings is 1. The lowest BCUT2D eigenvalue weighted by molar-refractivity contribution is -0.131. The Morgan fingerprint density at radius 2 is 1.93 bits per heavy atom.